The van der Waals surface area contributed by atoms with E-state index in [4.69, 9.17) is 0 Å². The average Bonchev–Trinajstić information content (AvgIpc) is 2.83. The van der Waals surface area contributed by atoms with Gasteiger partial charge in [0.15, 0.2) is 5.16 Å². The molecule has 0 aliphatic carbocycles. The van der Waals surface area contributed by atoms with Crippen molar-refractivity contribution in [2.75, 3.05) is 0 Å². The van der Waals surface area contributed by atoms with Gasteiger partial charge in [-0.05, 0) is 30.8 Å². The third-order valence-corrected chi connectivity index (χ3v) is 3.36. The zero-order valence-corrected chi connectivity index (χ0v) is 10.0. The Morgan fingerprint density at radius 3 is 2.59 bits per heavy atom. The number of aromatic amines is 1. The minimum absolute atomic E-state index is 0.831. The summed E-state index contributed by atoms with van der Waals surface area (Å²) in [7, 11) is 0. The van der Waals surface area contributed by atoms with Gasteiger partial charge in [0.1, 0.15) is 5.03 Å². The molecule has 0 saturated carbocycles. The summed E-state index contributed by atoms with van der Waals surface area (Å²) in [5.41, 5.74) is 2.76. The molecule has 1 N–H and O–H groups in total. The first-order valence-corrected chi connectivity index (χ1v) is 6.05. The predicted octanol–water partition coefficient (Wildman–Crippen LogP) is 2.81. The molecule has 0 atom stereocenters. The quantitative estimate of drug-likeness (QED) is 0.750. The Labute approximate surface area is 103 Å². The van der Waals surface area contributed by atoms with Crippen LogP contribution in [-0.2, 0) is 0 Å². The number of hydrogen-bond acceptors (Lipinski definition) is 4. The van der Waals surface area contributed by atoms with Crippen LogP contribution in [0.3, 0.4) is 0 Å². The highest BCUT2D eigenvalue weighted by molar-refractivity contribution is 7.99. The molecule has 84 valence electrons. The summed E-state index contributed by atoms with van der Waals surface area (Å²) in [6, 6.07) is 7.87. The number of benzene rings is 1. The van der Waals surface area contributed by atoms with Crippen LogP contribution in [0.25, 0.3) is 11.0 Å². The molecule has 0 fully saturated rings. The largest absolute Gasteiger partial charge is 0.339 e. The van der Waals surface area contributed by atoms with E-state index in [1.165, 1.54) is 11.8 Å². The number of aromatic nitrogens is 4. The fraction of sp³-hybridized carbons (Fsp3) is 0.0833. The minimum Gasteiger partial charge on any atom is -0.339 e. The lowest BCUT2D eigenvalue weighted by Crippen LogP contribution is -1.92. The third-order valence-electron chi connectivity index (χ3n) is 2.37. The Kier molecular flexibility index (Phi) is 2.53. The van der Waals surface area contributed by atoms with Gasteiger partial charge >= 0.3 is 0 Å². The van der Waals surface area contributed by atoms with E-state index in [1.54, 1.807) is 12.4 Å². The van der Waals surface area contributed by atoms with E-state index >= 15 is 0 Å². The summed E-state index contributed by atoms with van der Waals surface area (Å²) in [5.74, 6) is 0. The highest BCUT2D eigenvalue weighted by Gasteiger charge is 2.07. The van der Waals surface area contributed by atoms with E-state index < -0.39 is 0 Å². The van der Waals surface area contributed by atoms with Crippen molar-refractivity contribution in [3.05, 3.63) is 42.4 Å². The van der Waals surface area contributed by atoms with Crippen molar-refractivity contribution >= 4 is 22.8 Å². The van der Waals surface area contributed by atoms with Crippen LogP contribution in [0.4, 0.5) is 0 Å². The monoisotopic (exact) mass is 242 g/mol. The maximum absolute atomic E-state index is 4.59. The van der Waals surface area contributed by atoms with Gasteiger partial charge in [0, 0.05) is 12.4 Å². The van der Waals surface area contributed by atoms with E-state index in [0.29, 0.717) is 0 Å². The number of para-hydroxylation sites is 2. The van der Waals surface area contributed by atoms with E-state index in [-0.39, 0.29) is 0 Å². The van der Waals surface area contributed by atoms with Crippen molar-refractivity contribution in [1.29, 1.82) is 0 Å². The Hall–Kier alpha value is -1.88. The summed E-state index contributed by atoms with van der Waals surface area (Å²) >= 11 is 1.50. The first-order valence-electron chi connectivity index (χ1n) is 5.23. The lowest BCUT2D eigenvalue weighted by atomic mass is 10.3. The molecule has 0 saturated heterocycles. The molecule has 0 amide bonds. The number of aryl methyl sites for hydroxylation is 1. The Morgan fingerprint density at radius 2 is 1.88 bits per heavy atom. The van der Waals surface area contributed by atoms with E-state index in [9.17, 15) is 0 Å². The van der Waals surface area contributed by atoms with Crippen LogP contribution in [0.2, 0.25) is 0 Å². The van der Waals surface area contributed by atoms with E-state index in [1.807, 2.05) is 31.2 Å². The Balaban J connectivity index is 2.07. The van der Waals surface area contributed by atoms with Crippen LogP contribution in [0, 0.1) is 6.92 Å². The zero-order valence-electron chi connectivity index (χ0n) is 9.21. The molecule has 5 heteroatoms. The number of nitrogens with one attached hydrogen (secondary N) is 1. The van der Waals surface area contributed by atoms with Crippen molar-refractivity contribution in [2.24, 2.45) is 0 Å². The average molecular weight is 242 g/mol. The molecule has 3 aromatic rings. The van der Waals surface area contributed by atoms with Gasteiger partial charge in [0.25, 0.3) is 0 Å². The van der Waals surface area contributed by atoms with Gasteiger partial charge in [-0.25, -0.2) is 15.0 Å². The molecule has 2 heterocycles. The SMILES string of the molecule is Cc1nc2ccccc2nc1Sc1ncc[nH]1. The molecule has 0 aliphatic rings. The van der Waals surface area contributed by atoms with Crippen LogP contribution in [0.5, 0.6) is 0 Å². The third kappa shape index (κ3) is 2.01. The molecule has 0 radical (unpaired) electrons. The highest BCUT2D eigenvalue weighted by atomic mass is 32.2. The van der Waals surface area contributed by atoms with Crippen LogP contribution in [-0.4, -0.2) is 19.9 Å². The van der Waals surface area contributed by atoms with Gasteiger partial charge < -0.3 is 4.98 Å². The zero-order chi connectivity index (χ0) is 11.7. The normalized spacial score (nSPS) is 10.9. The van der Waals surface area contributed by atoms with Crippen LogP contribution >= 0.6 is 11.8 Å². The Bertz CT molecular complexity index is 649. The summed E-state index contributed by atoms with van der Waals surface area (Å²) in [5, 5.41) is 1.72. The van der Waals surface area contributed by atoms with Gasteiger partial charge in [0.2, 0.25) is 0 Å². The lowest BCUT2D eigenvalue weighted by Gasteiger charge is -2.04. The number of rotatable bonds is 2. The van der Waals surface area contributed by atoms with Crippen LogP contribution < -0.4 is 0 Å². The van der Waals surface area contributed by atoms with Crippen molar-refractivity contribution in [2.45, 2.75) is 17.1 Å². The van der Waals surface area contributed by atoms with Gasteiger partial charge in [-0.15, -0.1) is 0 Å². The first-order chi connectivity index (χ1) is 8.33. The van der Waals surface area contributed by atoms with Gasteiger partial charge in [-0.3, -0.25) is 0 Å². The molecule has 0 spiro atoms. The number of hydrogen-bond donors (Lipinski definition) is 1. The molecule has 2 aromatic heterocycles. The second-order valence-corrected chi connectivity index (χ2v) is 4.58. The van der Waals surface area contributed by atoms with E-state index in [0.717, 1.165) is 26.9 Å². The lowest BCUT2D eigenvalue weighted by molar-refractivity contribution is 1.01. The number of fused-ring (bicyclic) bond motifs is 1. The van der Waals surface area contributed by atoms with Crippen molar-refractivity contribution in [3.63, 3.8) is 0 Å². The van der Waals surface area contributed by atoms with Gasteiger partial charge in [0.05, 0.1) is 16.7 Å². The smallest absolute Gasteiger partial charge is 0.171 e. The maximum atomic E-state index is 4.59. The van der Waals surface area contributed by atoms with Crippen molar-refractivity contribution in [3.8, 4) is 0 Å². The van der Waals surface area contributed by atoms with Crippen molar-refractivity contribution in [1.82, 2.24) is 19.9 Å². The first kappa shape index (κ1) is 10.3. The number of H-pyrrole nitrogens is 1. The molecule has 1 aromatic carbocycles. The topological polar surface area (TPSA) is 54.5 Å². The number of imidazole rings is 1. The van der Waals surface area contributed by atoms with Gasteiger partial charge in [-0.2, -0.15) is 0 Å². The van der Waals surface area contributed by atoms with Crippen molar-refractivity contribution < 1.29 is 0 Å². The summed E-state index contributed by atoms with van der Waals surface area (Å²) in [6.45, 7) is 1.96. The van der Waals surface area contributed by atoms with Crippen LogP contribution in [0.15, 0.2) is 46.8 Å². The molecule has 17 heavy (non-hydrogen) atoms. The Morgan fingerprint density at radius 1 is 1.12 bits per heavy atom. The fourth-order valence-corrected chi connectivity index (χ4v) is 2.33. The standard InChI is InChI=1S/C12H10N4S/c1-8-11(17-12-13-6-7-14-12)16-10-5-3-2-4-9(10)15-8/h2-7H,1H3,(H,13,14). The maximum Gasteiger partial charge on any atom is 0.171 e. The molecule has 4 nitrogen and oxygen atoms in total. The molecule has 3 rings (SSSR count). The summed E-state index contributed by atoms with van der Waals surface area (Å²) < 4.78 is 0. The highest BCUT2D eigenvalue weighted by Crippen LogP contribution is 2.26. The molecule has 0 bridgehead atoms. The number of nitrogens with zero attached hydrogens (tertiary/aromatic N) is 3. The molecule has 0 unspecified atom stereocenters. The van der Waals surface area contributed by atoms with E-state index in [2.05, 4.69) is 19.9 Å². The van der Waals surface area contributed by atoms with Crippen LogP contribution in [0.1, 0.15) is 5.69 Å². The van der Waals surface area contributed by atoms with Gasteiger partial charge in [-0.1, -0.05) is 12.1 Å². The minimum atomic E-state index is 0.831. The predicted molar refractivity (Wildman–Crippen MR) is 67.0 cm³/mol. The fourth-order valence-electron chi connectivity index (χ4n) is 1.57. The summed E-state index contributed by atoms with van der Waals surface area (Å²) in [6.07, 6.45) is 3.53. The second kappa shape index (κ2) is 4.18. The molecular weight excluding hydrogens is 232 g/mol. The molecular formula is C12H10N4S. The second-order valence-electron chi connectivity index (χ2n) is 3.60. The summed E-state index contributed by atoms with van der Waals surface area (Å²) in [4.78, 5) is 16.3. The molecule has 0 aliphatic heterocycles.